The first-order chi connectivity index (χ1) is 10.1. The summed E-state index contributed by atoms with van der Waals surface area (Å²) in [5, 5.41) is 0. The van der Waals surface area contributed by atoms with Gasteiger partial charge < -0.3 is 0 Å². The van der Waals surface area contributed by atoms with E-state index in [0.29, 0.717) is 17.9 Å². The van der Waals surface area contributed by atoms with Crippen LogP contribution in [-0.2, 0) is 4.79 Å². The molecule has 4 heteroatoms. The summed E-state index contributed by atoms with van der Waals surface area (Å²) in [5.41, 5.74) is 6.70. The van der Waals surface area contributed by atoms with E-state index in [1.54, 1.807) is 12.1 Å². The van der Waals surface area contributed by atoms with Gasteiger partial charge in [-0.1, -0.05) is 24.1 Å². The molecule has 3 atom stereocenters. The SMILES string of the molecule is Cc1ccc(C(=O)NNC(=O)C[C@H]2C[C@@H]3CC[C@@H]2C3)cc1. The van der Waals surface area contributed by atoms with Crippen molar-refractivity contribution in [1.82, 2.24) is 10.9 Å². The number of carbonyl (C=O) groups excluding carboxylic acids is 2. The van der Waals surface area contributed by atoms with E-state index < -0.39 is 0 Å². The molecule has 2 bridgehead atoms. The molecule has 0 saturated heterocycles. The van der Waals surface area contributed by atoms with Crippen LogP contribution in [0.3, 0.4) is 0 Å². The summed E-state index contributed by atoms with van der Waals surface area (Å²) in [6.45, 7) is 1.97. The zero-order chi connectivity index (χ0) is 14.8. The molecule has 4 nitrogen and oxygen atoms in total. The molecule has 0 spiro atoms. The van der Waals surface area contributed by atoms with E-state index in [1.807, 2.05) is 19.1 Å². The maximum absolute atomic E-state index is 11.9. The first kappa shape index (κ1) is 14.1. The molecule has 2 aliphatic carbocycles. The number of nitrogens with one attached hydrogen (secondary N) is 2. The van der Waals surface area contributed by atoms with E-state index in [2.05, 4.69) is 10.9 Å². The summed E-state index contributed by atoms with van der Waals surface area (Å²) < 4.78 is 0. The Kier molecular flexibility index (Phi) is 3.95. The van der Waals surface area contributed by atoms with Crippen LogP contribution in [-0.4, -0.2) is 11.8 Å². The van der Waals surface area contributed by atoms with Gasteiger partial charge in [0.25, 0.3) is 5.91 Å². The third-order valence-corrected chi connectivity index (χ3v) is 4.96. The lowest BCUT2D eigenvalue weighted by Gasteiger charge is -2.20. The molecular formula is C17H22N2O2. The van der Waals surface area contributed by atoms with Crippen molar-refractivity contribution in [2.75, 3.05) is 0 Å². The Morgan fingerprint density at radius 2 is 1.86 bits per heavy atom. The summed E-state index contributed by atoms with van der Waals surface area (Å²) in [6.07, 6.45) is 5.64. The quantitative estimate of drug-likeness (QED) is 0.839. The molecule has 1 aromatic carbocycles. The summed E-state index contributed by atoms with van der Waals surface area (Å²) in [4.78, 5) is 23.8. The highest BCUT2D eigenvalue weighted by Crippen LogP contribution is 2.49. The van der Waals surface area contributed by atoms with Gasteiger partial charge in [0.1, 0.15) is 0 Å². The fourth-order valence-electron chi connectivity index (χ4n) is 3.82. The van der Waals surface area contributed by atoms with Crippen molar-refractivity contribution in [2.24, 2.45) is 17.8 Å². The first-order valence-electron chi connectivity index (χ1n) is 7.77. The minimum Gasteiger partial charge on any atom is -0.273 e. The average molecular weight is 286 g/mol. The molecule has 0 aromatic heterocycles. The van der Waals surface area contributed by atoms with Crippen LogP contribution in [0.2, 0.25) is 0 Å². The van der Waals surface area contributed by atoms with Gasteiger partial charge in [-0.25, -0.2) is 0 Å². The number of rotatable bonds is 3. The minimum absolute atomic E-state index is 0.0759. The monoisotopic (exact) mass is 286 g/mol. The Bertz CT molecular complexity index is 538. The van der Waals surface area contributed by atoms with Crippen molar-refractivity contribution in [1.29, 1.82) is 0 Å². The lowest BCUT2D eigenvalue weighted by Crippen LogP contribution is -2.42. The molecule has 3 rings (SSSR count). The number of hydrogen-bond acceptors (Lipinski definition) is 2. The van der Waals surface area contributed by atoms with Gasteiger partial charge in [0, 0.05) is 12.0 Å². The van der Waals surface area contributed by atoms with Gasteiger partial charge in [-0.3, -0.25) is 20.4 Å². The Balaban J connectivity index is 1.45. The van der Waals surface area contributed by atoms with Crippen molar-refractivity contribution < 1.29 is 9.59 Å². The van der Waals surface area contributed by atoms with Crippen molar-refractivity contribution in [3.05, 3.63) is 35.4 Å². The van der Waals surface area contributed by atoms with E-state index in [1.165, 1.54) is 25.7 Å². The van der Waals surface area contributed by atoms with Crippen LogP contribution in [0.15, 0.2) is 24.3 Å². The molecule has 0 heterocycles. The van der Waals surface area contributed by atoms with Gasteiger partial charge in [-0.2, -0.15) is 0 Å². The highest BCUT2D eigenvalue weighted by Gasteiger charge is 2.40. The number of fused-ring (bicyclic) bond motifs is 2. The van der Waals surface area contributed by atoms with Gasteiger partial charge in [0.15, 0.2) is 0 Å². The highest BCUT2D eigenvalue weighted by molar-refractivity contribution is 5.95. The molecule has 2 amide bonds. The molecule has 0 unspecified atom stereocenters. The standard InChI is InChI=1S/C17H22N2O2/c1-11-2-5-13(6-3-11)17(21)19-18-16(20)10-15-9-12-4-7-14(15)8-12/h2-3,5-6,12,14-15H,4,7-10H2,1H3,(H,18,20)(H,19,21)/t12-,14-,15-/m1/s1. The van der Waals surface area contributed by atoms with Crippen molar-refractivity contribution in [3.63, 3.8) is 0 Å². The van der Waals surface area contributed by atoms with Crippen LogP contribution < -0.4 is 10.9 Å². The Labute approximate surface area is 125 Å². The van der Waals surface area contributed by atoms with Crippen LogP contribution in [0.5, 0.6) is 0 Å². The maximum Gasteiger partial charge on any atom is 0.269 e. The van der Waals surface area contributed by atoms with Gasteiger partial charge in [-0.05, 0) is 56.1 Å². The zero-order valence-electron chi connectivity index (χ0n) is 12.4. The second-order valence-electron chi connectivity index (χ2n) is 6.51. The van der Waals surface area contributed by atoms with E-state index in [0.717, 1.165) is 17.4 Å². The fourth-order valence-corrected chi connectivity index (χ4v) is 3.82. The van der Waals surface area contributed by atoms with Crippen molar-refractivity contribution in [3.8, 4) is 0 Å². The summed E-state index contributed by atoms with van der Waals surface area (Å²) in [7, 11) is 0. The molecule has 112 valence electrons. The summed E-state index contributed by atoms with van der Waals surface area (Å²) in [6, 6.07) is 7.28. The van der Waals surface area contributed by atoms with E-state index in [9.17, 15) is 9.59 Å². The molecule has 2 aliphatic rings. The Morgan fingerprint density at radius 3 is 2.48 bits per heavy atom. The van der Waals surface area contributed by atoms with Gasteiger partial charge in [0.05, 0.1) is 0 Å². The second kappa shape index (κ2) is 5.88. The van der Waals surface area contributed by atoms with Crippen LogP contribution in [0, 0.1) is 24.7 Å². The third kappa shape index (κ3) is 3.26. The molecule has 2 saturated carbocycles. The van der Waals surface area contributed by atoms with Gasteiger partial charge in [0.2, 0.25) is 5.91 Å². The summed E-state index contributed by atoms with van der Waals surface area (Å²) in [5.74, 6) is 1.74. The third-order valence-electron chi connectivity index (χ3n) is 4.96. The number of hydrogen-bond donors (Lipinski definition) is 2. The number of aryl methyl sites for hydroxylation is 1. The average Bonchev–Trinajstić information content (AvgIpc) is 3.08. The second-order valence-corrected chi connectivity index (χ2v) is 6.51. The van der Waals surface area contributed by atoms with E-state index in [4.69, 9.17) is 0 Å². The maximum atomic E-state index is 11.9. The molecular weight excluding hydrogens is 264 g/mol. The molecule has 0 aliphatic heterocycles. The summed E-state index contributed by atoms with van der Waals surface area (Å²) >= 11 is 0. The predicted octanol–water partition coefficient (Wildman–Crippen LogP) is 2.58. The molecule has 2 fully saturated rings. The topological polar surface area (TPSA) is 58.2 Å². The lowest BCUT2D eigenvalue weighted by atomic mass is 9.86. The first-order valence-corrected chi connectivity index (χ1v) is 7.77. The minimum atomic E-state index is -0.267. The lowest BCUT2D eigenvalue weighted by molar-refractivity contribution is -0.123. The molecule has 1 aromatic rings. The normalized spacial score (nSPS) is 26.6. The van der Waals surface area contributed by atoms with Gasteiger partial charge >= 0.3 is 0 Å². The van der Waals surface area contributed by atoms with Crippen LogP contribution in [0.4, 0.5) is 0 Å². The number of benzene rings is 1. The highest BCUT2D eigenvalue weighted by atomic mass is 16.2. The number of hydrazine groups is 1. The fraction of sp³-hybridized carbons (Fsp3) is 0.529. The van der Waals surface area contributed by atoms with Crippen LogP contribution in [0.1, 0.15) is 48.0 Å². The predicted molar refractivity (Wildman–Crippen MR) is 80.3 cm³/mol. The Hall–Kier alpha value is -1.84. The Morgan fingerprint density at radius 1 is 1.10 bits per heavy atom. The molecule has 2 N–H and O–H groups in total. The smallest absolute Gasteiger partial charge is 0.269 e. The van der Waals surface area contributed by atoms with Crippen LogP contribution in [0.25, 0.3) is 0 Å². The van der Waals surface area contributed by atoms with E-state index in [-0.39, 0.29) is 11.8 Å². The van der Waals surface area contributed by atoms with Crippen LogP contribution >= 0.6 is 0 Å². The zero-order valence-corrected chi connectivity index (χ0v) is 12.4. The largest absolute Gasteiger partial charge is 0.273 e. The van der Waals surface area contributed by atoms with Crippen molar-refractivity contribution >= 4 is 11.8 Å². The number of amides is 2. The number of carbonyl (C=O) groups is 2. The van der Waals surface area contributed by atoms with E-state index >= 15 is 0 Å². The molecule has 21 heavy (non-hydrogen) atoms. The van der Waals surface area contributed by atoms with Crippen molar-refractivity contribution in [2.45, 2.75) is 39.0 Å². The molecule has 0 radical (unpaired) electrons. The van der Waals surface area contributed by atoms with Gasteiger partial charge in [-0.15, -0.1) is 0 Å².